The van der Waals surface area contributed by atoms with Gasteiger partial charge in [0.15, 0.2) is 5.43 Å². The summed E-state index contributed by atoms with van der Waals surface area (Å²) in [6, 6.07) is 11.6. The van der Waals surface area contributed by atoms with E-state index in [1.54, 1.807) is 11.3 Å². The molecule has 31 heavy (non-hydrogen) atoms. The Hall–Kier alpha value is -2.15. The van der Waals surface area contributed by atoms with Crippen molar-refractivity contribution in [3.63, 3.8) is 0 Å². The van der Waals surface area contributed by atoms with Crippen LogP contribution in [0.5, 0.6) is 11.5 Å². The summed E-state index contributed by atoms with van der Waals surface area (Å²) >= 11 is 1.62. The predicted molar refractivity (Wildman–Crippen MR) is 132 cm³/mol. The Bertz CT molecular complexity index is 1020. The van der Waals surface area contributed by atoms with Gasteiger partial charge in [-0.1, -0.05) is 13.8 Å². The van der Waals surface area contributed by atoms with Crippen molar-refractivity contribution in [2.45, 2.75) is 39.5 Å². The maximum atomic E-state index is 13.1. The molecule has 5 nitrogen and oxygen atoms in total. The van der Waals surface area contributed by atoms with E-state index in [9.17, 15) is 4.79 Å². The zero-order valence-electron chi connectivity index (χ0n) is 18.7. The van der Waals surface area contributed by atoms with Gasteiger partial charge in [-0.05, 0) is 88.3 Å². The fourth-order valence-electron chi connectivity index (χ4n) is 3.37. The molecule has 0 atom stereocenters. The summed E-state index contributed by atoms with van der Waals surface area (Å²) < 4.78 is 13.7. The van der Waals surface area contributed by atoms with Crippen LogP contribution in [-0.4, -0.2) is 39.4 Å². The molecular weight excluding hydrogens is 408 g/mol. The van der Waals surface area contributed by atoms with Crippen LogP contribution < -0.4 is 25.5 Å². The van der Waals surface area contributed by atoms with Crippen molar-refractivity contribution in [3.05, 3.63) is 46.6 Å². The molecule has 0 amide bonds. The molecular formula is C25H34N2O3S. The van der Waals surface area contributed by atoms with Crippen molar-refractivity contribution in [3.8, 4) is 11.5 Å². The molecule has 0 fully saturated rings. The first-order chi connectivity index (χ1) is 15.2. The molecule has 0 aliphatic rings. The van der Waals surface area contributed by atoms with Crippen LogP contribution in [0.15, 0.2) is 41.2 Å². The van der Waals surface area contributed by atoms with E-state index in [0.29, 0.717) is 13.2 Å². The van der Waals surface area contributed by atoms with Gasteiger partial charge < -0.3 is 20.1 Å². The van der Waals surface area contributed by atoms with Crippen LogP contribution in [0.3, 0.4) is 0 Å². The standard InChI is InChI=1S/C25H34N2O3S/c1-3-11-26-13-5-15-29-19-8-10-23-22(17-19)25(28)21-9-7-20(18-24(21)31-23)30-16-6-14-27-12-4-2/h7-10,17-18,26-27H,3-6,11-16H2,1-2H3. The molecule has 0 saturated heterocycles. The van der Waals surface area contributed by atoms with Gasteiger partial charge in [0.05, 0.1) is 13.2 Å². The van der Waals surface area contributed by atoms with E-state index in [1.165, 1.54) is 0 Å². The summed E-state index contributed by atoms with van der Waals surface area (Å²) in [5.74, 6) is 1.57. The second kappa shape index (κ2) is 12.6. The lowest BCUT2D eigenvalue weighted by atomic mass is 10.1. The van der Waals surface area contributed by atoms with Crippen molar-refractivity contribution in [1.82, 2.24) is 10.6 Å². The van der Waals surface area contributed by atoms with Gasteiger partial charge in [-0.25, -0.2) is 0 Å². The summed E-state index contributed by atoms with van der Waals surface area (Å²) in [5, 5.41) is 8.19. The van der Waals surface area contributed by atoms with Gasteiger partial charge in [0.1, 0.15) is 11.5 Å². The molecule has 0 unspecified atom stereocenters. The number of rotatable bonds is 14. The third-order valence-electron chi connectivity index (χ3n) is 5.00. The fourth-order valence-corrected chi connectivity index (χ4v) is 4.45. The van der Waals surface area contributed by atoms with Crippen LogP contribution in [-0.2, 0) is 0 Å². The van der Waals surface area contributed by atoms with Crippen molar-refractivity contribution in [2.75, 3.05) is 39.4 Å². The Morgan fingerprint density at radius 2 is 1.35 bits per heavy atom. The van der Waals surface area contributed by atoms with Gasteiger partial charge in [0, 0.05) is 20.2 Å². The van der Waals surface area contributed by atoms with Crippen molar-refractivity contribution >= 4 is 31.5 Å². The van der Waals surface area contributed by atoms with Gasteiger partial charge in [-0.15, -0.1) is 11.3 Å². The Morgan fingerprint density at radius 3 is 2.00 bits per heavy atom. The number of fused-ring (bicyclic) bond motifs is 2. The summed E-state index contributed by atoms with van der Waals surface area (Å²) in [6.45, 7) is 9.60. The Kier molecular flexibility index (Phi) is 9.59. The molecule has 1 aromatic heterocycles. The predicted octanol–water partition coefficient (Wildman–Crippen LogP) is 4.95. The summed E-state index contributed by atoms with van der Waals surface area (Å²) in [6.07, 6.45) is 4.18. The number of hydrogen-bond donors (Lipinski definition) is 2. The molecule has 0 spiro atoms. The molecule has 1 heterocycles. The van der Waals surface area contributed by atoms with E-state index in [1.807, 2.05) is 36.4 Å². The third-order valence-corrected chi connectivity index (χ3v) is 6.13. The highest BCUT2D eigenvalue weighted by Gasteiger charge is 2.09. The second-order valence-electron chi connectivity index (χ2n) is 7.65. The molecule has 0 saturated carbocycles. The Balaban J connectivity index is 1.65. The number of nitrogens with one attached hydrogen (secondary N) is 2. The molecule has 3 aromatic rings. The molecule has 0 radical (unpaired) electrons. The van der Waals surface area contributed by atoms with Crippen LogP contribution in [0, 0.1) is 0 Å². The van der Waals surface area contributed by atoms with E-state index >= 15 is 0 Å². The Morgan fingerprint density at radius 1 is 0.742 bits per heavy atom. The highest BCUT2D eigenvalue weighted by Crippen LogP contribution is 2.29. The minimum Gasteiger partial charge on any atom is -0.494 e. The van der Waals surface area contributed by atoms with Crippen molar-refractivity contribution in [2.24, 2.45) is 0 Å². The van der Waals surface area contributed by atoms with Crippen LogP contribution in [0.25, 0.3) is 20.2 Å². The molecule has 0 aliphatic carbocycles. The summed E-state index contributed by atoms with van der Waals surface area (Å²) in [7, 11) is 0. The van der Waals surface area contributed by atoms with Gasteiger partial charge in [-0.2, -0.15) is 0 Å². The molecule has 2 aromatic carbocycles. The highest BCUT2D eigenvalue weighted by molar-refractivity contribution is 7.24. The maximum absolute atomic E-state index is 13.1. The number of benzene rings is 2. The van der Waals surface area contributed by atoms with Crippen LogP contribution in [0.4, 0.5) is 0 Å². The highest BCUT2D eigenvalue weighted by atomic mass is 32.1. The number of hydrogen-bond acceptors (Lipinski definition) is 6. The monoisotopic (exact) mass is 442 g/mol. The Labute approximate surface area is 188 Å². The fraction of sp³-hybridized carbons (Fsp3) is 0.480. The van der Waals surface area contributed by atoms with Gasteiger partial charge in [0.25, 0.3) is 0 Å². The van der Waals surface area contributed by atoms with Gasteiger partial charge in [0.2, 0.25) is 0 Å². The van der Waals surface area contributed by atoms with E-state index in [2.05, 4.69) is 24.5 Å². The van der Waals surface area contributed by atoms with Crippen molar-refractivity contribution < 1.29 is 9.47 Å². The van der Waals surface area contributed by atoms with Crippen LogP contribution in [0.1, 0.15) is 39.5 Å². The minimum atomic E-state index is 0.0501. The molecule has 2 N–H and O–H groups in total. The molecule has 168 valence electrons. The summed E-state index contributed by atoms with van der Waals surface area (Å²) in [5.41, 5.74) is 0.0501. The molecule has 0 bridgehead atoms. The normalized spacial score (nSPS) is 11.3. The zero-order chi connectivity index (χ0) is 21.9. The smallest absolute Gasteiger partial charge is 0.196 e. The van der Waals surface area contributed by atoms with E-state index in [0.717, 1.165) is 83.5 Å². The van der Waals surface area contributed by atoms with Gasteiger partial charge >= 0.3 is 0 Å². The molecule has 6 heteroatoms. The third kappa shape index (κ3) is 6.92. The zero-order valence-corrected chi connectivity index (χ0v) is 19.5. The number of ether oxygens (including phenoxy) is 2. The largest absolute Gasteiger partial charge is 0.494 e. The lowest BCUT2D eigenvalue weighted by molar-refractivity contribution is 0.308. The maximum Gasteiger partial charge on any atom is 0.196 e. The average molecular weight is 443 g/mol. The van der Waals surface area contributed by atoms with Crippen molar-refractivity contribution in [1.29, 1.82) is 0 Å². The van der Waals surface area contributed by atoms with Crippen LogP contribution >= 0.6 is 11.3 Å². The second-order valence-corrected chi connectivity index (χ2v) is 8.73. The quantitative estimate of drug-likeness (QED) is 0.273. The molecule has 0 aliphatic heterocycles. The average Bonchev–Trinajstić information content (AvgIpc) is 2.79. The lowest BCUT2D eigenvalue weighted by Gasteiger charge is -2.09. The first kappa shape index (κ1) is 23.5. The minimum absolute atomic E-state index is 0.0501. The van der Waals surface area contributed by atoms with E-state index in [4.69, 9.17) is 9.47 Å². The van der Waals surface area contributed by atoms with Gasteiger partial charge in [-0.3, -0.25) is 4.79 Å². The van der Waals surface area contributed by atoms with E-state index < -0.39 is 0 Å². The first-order valence-corrected chi connectivity index (χ1v) is 12.2. The summed E-state index contributed by atoms with van der Waals surface area (Å²) in [4.78, 5) is 13.1. The lowest BCUT2D eigenvalue weighted by Crippen LogP contribution is -2.18. The first-order valence-electron chi connectivity index (χ1n) is 11.4. The topological polar surface area (TPSA) is 59.6 Å². The van der Waals surface area contributed by atoms with Crippen LogP contribution in [0.2, 0.25) is 0 Å². The molecule has 3 rings (SSSR count). The SMILES string of the molecule is CCCNCCCOc1ccc2c(=O)c3cc(OCCCNCCC)ccc3sc2c1. The van der Waals surface area contributed by atoms with E-state index in [-0.39, 0.29) is 5.43 Å².